The molecule has 0 aromatic heterocycles. The molecule has 0 fully saturated rings. The van der Waals surface area contributed by atoms with Crippen molar-refractivity contribution in [2.45, 2.75) is 24.3 Å². The molecule has 0 aliphatic heterocycles. The largest absolute Gasteiger partial charge is 0.389 e. The van der Waals surface area contributed by atoms with Crippen LogP contribution in [0.2, 0.25) is 0 Å². The molecule has 0 unspecified atom stereocenters. The van der Waals surface area contributed by atoms with Crippen LogP contribution in [0.15, 0.2) is 65.5 Å². The van der Waals surface area contributed by atoms with Crippen LogP contribution in [0.3, 0.4) is 0 Å². The molecule has 0 aliphatic rings. The van der Waals surface area contributed by atoms with Crippen LogP contribution in [-0.4, -0.2) is 15.4 Å². The molecule has 0 aliphatic carbocycles. The zero-order chi connectivity index (χ0) is 13.4. The molecule has 0 heterocycles. The van der Waals surface area contributed by atoms with E-state index in [1.54, 1.807) is 29.7 Å². The Balaban J connectivity index is 2.54. The molecule has 2 nitrogen and oxygen atoms in total. The fraction of sp³-hybridized carbons (Fsp3) is 0.200. The van der Waals surface area contributed by atoms with Gasteiger partial charge in [0.25, 0.3) is 0 Å². The molecule has 0 amide bonds. The van der Waals surface area contributed by atoms with Gasteiger partial charge >= 0.3 is 0 Å². The third-order valence-corrected chi connectivity index (χ3v) is 3.45. The summed E-state index contributed by atoms with van der Waals surface area (Å²) in [4.78, 5) is 0.775. The van der Waals surface area contributed by atoms with E-state index in [0.29, 0.717) is 6.42 Å². The smallest absolute Gasteiger partial charge is 0.0775 e. The Kier molecular flexibility index (Phi) is 6.33. The number of allylic oxidation sites excluding steroid dienone is 2. The summed E-state index contributed by atoms with van der Waals surface area (Å²) in [5.74, 6) is 0. The van der Waals surface area contributed by atoms with Gasteiger partial charge in [-0.05, 0) is 25.5 Å². The van der Waals surface area contributed by atoms with E-state index in [9.17, 15) is 9.32 Å². The van der Waals surface area contributed by atoms with Gasteiger partial charge in [0.05, 0.1) is 16.9 Å². The van der Waals surface area contributed by atoms with Crippen LogP contribution in [0.5, 0.6) is 0 Å². The minimum absolute atomic E-state index is 0.519. The second-order valence-electron chi connectivity index (χ2n) is 3.92. The zero-order valence-corrected chi connectivity index (χ0v) is 11.3. The summed E-state index contributed by atoms with van der Waals surface area (Å²) in [5.41, 5.74) is 1.15. The minimum Gasteiger partial charge on any atom is -0.389 e. The summed E-state index contributed by atoms with van der Waals surface area (Å²) in [6, 6.07) is 7.58. The topological polar surface area (TPSA) is 37.3 Å². The first-order valence-corrected chi connectivity index (χ1v) is 6.96. The van der Waals surface area contributed by atoms with Crippen LogP contribution in [0.4, 0.5) is 0 Å². The molecule has 1 rings (SSSR count). The van der Waals surface area contributed by atoms with Crippen molar-refractivity contribution >= 4 is 10.8 Å². The van der Waals surface area contributed by atoms with Crippen LogP contribution in [0.1, 0.15) is 12.0 Å². The van der Waals surface area contributed by atoms with Gasteiger partial charge in [-0.3, -0.25) is 0 Å². The van der Waals surface area contributed by atoms with E-state index in [1.807, 2.05) is 31.2 Å². The van der Waals surface area contributed by atoms with Crippen molar-refractivity contribution in [3.8, 4) is 0 Å². The van der Waals surface area contributed by atoms with Crippen LogP contribution < -0.4 is 0 Å². The van der Waals surface area contributed by atoms with Gasteiger partial charge in [-0.15, -0.1) is 6.58 Å². The SMILES string of the molecule is C=CC[C@@H](O)/C=C/C=C\[S@@](=O)c1ccc(C)cc1. The summed E-state index contributed by atoms with van der Waals surface area (Å²) in [6.45, 7) is 5.54. The average Bonchev–Trinajstić information content (AvgIpc) is 2.35. The number of hydrogen-bond donors (Lipinski definition) is 1. The molecule has 0 saturated carbocycles. The van der Waals surface area contributed by atoms with Gasteiger partial charge in [0.15, 0.2) is 0 Å². The lowest BCUT2D eigenvalue weighted by Crippen LogP contribution is -1.98. The Bertz CT molecular complexity index is 458. The number of aliphatic hydroxyl groups is 1. The molecular formula is C15H18O2S. The summed E-state index contributed by atoms with van der Waals surface area (Å²) in [6.07, 6.45) is 6.67. The van der Waals surface area contributed by atoms with Crippen LogP contribution in [0.25, 0.3) is 0 Å². The lowest BCUT2D eigenvalue weighted by molar-refractivity contribution is 0.227. The Morgan fingerprint density at radius 1 is 1.33 bits per heavy atom. The van der Waals surface area contributed by atoms with E-state index in [4.69, 9.17) is 0 Å². The van der Waals surface area contributed by atoms with Gasteiger partial charge < -0.3 is 5.11 Å². The molecule has 1 aromatic rings. The first kappa shape index (κ1) is 14.6. The second-order valence-corrected chi connectivity index (χ2v) is 5.25. The van der Waals surface area contributed by atoms with Gasteiger partial charge in [-0.2, -0.15) is 0 Å². The quantitative estimate of drug-likeness (QED) is 0.632. The predicted octanol–water partition coefficient (Wildman–Crippen LogP) is 3.11. The molecule has 0 spiro atoms. The maximum Gasteiger partial charge on any atom is 0.0775 e. The highest BCUT2D eigenvalue weighted by Crippen LogP contribution is 2.09. The fourth-order valence-corrected chi connectivity index (χ4v) is 2.10. The number of aryl methyl sites for hydroxylation is 1. The maximum atomic E-state index is 11.8. The fourth-order valence-electron chi connectivity index (χ4n) is 1.31. The third-order valence-electron chi connectivity index (χ3n) is 2.31. The van der Waals surface area contributed by atoms with E-state index in [0.717, 1.165) is 10.5 Å². The highest BCUT2D eigenvalue weighted by atomic mass is 32.2. The third kappa shape index (κ3) is 5.25. The normalized spacial score (nSPS) is 15.0. The molecule has 1 aromatic carbocycles. The van der Waals surface area contributed by atoms with Crippen molar-refractivity contribution in [1.29, 1.82) is 0 Å². The van der Waals surface area contributed by atoms with Crippen LogP contribution in [-0.2, 0) is 10.8 Å². The molecule has 0 saturated heterocycles. The molecule has 0 bridgehead atoms. The van der Waals surface area contributed by atoms with Crippen LogP contribution >= 0.6 is 0 Å². The highest BCUT2D eigenvalue weighted by Gasteiger charge is 1.97. The first-order chi connectivity index (χ1) is 8.63. The molecule has 2 atom stereocenters. The van der Waals surface area contributed by atoms with Crippen LogP contribution in [0, 0.1) is 6.92 Å². The maximum absolute atomic E-state index is 11.8. The van der Waals surface area contributed by atoms with E-state index in [1.165, 1.54) is 0 Å². The number of rotatable bonds is 6. The Morgan fingerprint density at radius 2 is 2.00 bits per heavy atom. The highest BCUT2D eigenvalue weighted by molar-refractivity contribution is 7.88. The zero-order valence-electron chi connectivity index (χ0n) is 10.5. The molecule has 3 heteroatoms. The lowest BCUT2D eigenvalue weighted by Gasteiger charge is -1.98. The van der Waals surface area contributed by atoms with Crippen molar-refractivity contribution < 1.29 is 9.32 Å². The van der Waals surface area contributed by atoms with Gasteiger partial charge in [-0.1, -0.05) is 42.0 Å². The number of benzene rings is 1. The molecule has 18 heavy (non-hydrogen) atoms. The standard InChI is InChI=1S/C15H18O2S/c1-3-6-14(16)7-4-5-12-18(17)15-10-8-13(2)9-11-15/h3-5,7-12,14,16H,1,6H2,2H3/b7-4+,12-5-/t14-,18-/m1/s1. The van der Waals surface area contributed by atoms with Crippen molar-refractivity contribution in [1.82, 2.24) is 0 Å². The van der Waals surface area contributed by atoms with E-state index in [-0.39, 0.29) is 0 Å². The summed E-state index contributed by atoms with van der Waals surface area (Å²) >= 11 is 0. The van der Waals surface area contributed by atoms with Gasteiger partial charge in [0.2, 0.25) is 0 Å². The first-order valence-electron chi connectivity index (χ1n) is 5.74. The Labute approximate surface area is 111 Å². The summed E-state index contributed by atoms with van der Waals surface area (Å²) in [7, 11) is -1.14. The molecule has 0 radical (unpaired) electrons. The van der Waals surface area contributed by atoms with E-state index >= 15 is 0 Å². The number of aliphatic hydroxyl groups excluding tert-OH is 1. The molecule has 1 N–H and O–H groups in total. The molecule has 96 valence electrons. The van der Waals surface area contributed by atoms with E-state index < -0.39 is 16.9 Å². The van der Waals surface area contributed by atoms with Crippen molar-refractivity contribution in [2.75, 3.05) is 0 Å². The molecular weight excluding hydrogens is 244 g/mol. The lowest BCUT2D eigenvalue weighted by atomic mass is 10.2. The minimum atomic E-state index is -1.14. The number of hydrogen-bond acceptors (Lipinski definition) is 2. The monoisotopic (exact) mass is 262 g/mol. The second kappa shape index (κ2) is 7.80. The Hall–Kier alpha value is -1.45. The predicted molar refractivity (Wildman–Crippen MR) is 76.7 cm³/mol. The van der Waals surface area contributed by atoms with E-state index in [2.05, 4.69) is 6.58 Å². The summed E-state index contributed by atoms with van der Waals surface area (Å²) in [5, 5.41) is 11.0. The van der Waals surface area contributed by atoms with Crippen molar-refractivity contribution in [3.05, 3.63) is 66.1 Å². The van der Waals surface area contributed by atoms with Gasteiger partial charge in [0, 0.05) is 10.3 Å². The summed E-state index contributed by atoms with van der Waals surface area (Å²) < 4.78 is 11.8. The van der Waals surface area contributed by atoms with Gasteiger partial charge in [0.1, 0.15) is 0 Å². The van der Waals surface area contributed by atoms with Crippen molar-refractivity contribution in [2.24, 2.45) is 0 Å². The Morgan fingerprint density at radius 3 is 2.61 bits per heavy atom. The van der Waals surface area contributed by atoms with Gasteiger partial charge in [-0.25, -0.2) is 4.21 Å². The average molecular weight is 262 g/mol. The van der Waals surface area contributed by atoms with Crippen molar-refractivity contribution in [3.63, 3.8) is 0 Å².